The molecule has 3 aromatic rings. The van der Waals surface area contributed by atoms with Gasteiger partial charge in [0.2, 0.25) is 0 Å². The zero-order valence-electron chi connectivity index (χ0n) is 15.7. The van der Waals surface area contributed by atoms with Crippen molar-refractivity contribution in [2.75, 3.05) is 0 Å². The average Bonchev–Trinajstić information content (AvgIpc) is 2.99. The maximum Gasteiger partial charge on any atom is 0.492 e. The molecule has 1 heterocycles. The molecular formula is C23H23BO3. The second kappa shape index (κ2) is 7.59. The highest BCUT2D eigenvalue weighted by Gasteiger charge is 2.35. The van der Waals surface area contributed by atoms with Crippen LogP contribution in [0.2, 0.25) is 0 Å². The first-order chi connectivity index (χ1) is 13.1. The van der Waals surface area contributed by atoms with Crippen molar-refractivity contribution in [3.05, 3.63) is 89.0 Å². The van der Waals surface area contributed by atoms with Gasteiger partial charge in [0.25, 0.3) is 0 Å². The van der Waals surface area contributed by atoms with Crippen molar-refractivity contribution >= 4 is 12.6 Å². The fraction of sp³-hybridized carbons (Fsp3) is 0.217. The quantitative estimate of drug-likeness (QED) is 0.681. The molecule has 3 nitrogen and oxygen atoms in total. The predicted octanol–water partition coefficient (Wildman–Crippen LogP) is 4.55. The van der Waals surface area contributed by atoms with Gasteiger partial charge in [-0.15, -0.1) is 0 Å². The van der Waals surface area contributed by atoms with Gasteiger partial charge in [-0.2, -0.15) is 0 Å². The van der Waals surface area contributed by atoms with Crippen LogP contribution in [-0.4, -0.2) is 12.1 Å². The van der Waals surface area contributed by atoms with E-state index in [1.807, 2.05) is 37.3 Å². The molecule has 0 radical (unpaired) electrons. The van der Waals surface area contributed by atoms with Gasteiger partial charge in [0.15, 0.2) is 0 Å². The summed E-state index contributed by atoms with van der Waals surface area (Å²) in [4.78, 5) is 0. The summed E-state index contributed by atoms with van der Waals surface area (Å²) < 4.78 is 11.8. The van der Waals surface area contributed by atoms with E-state index in [0.29, 0.717) is 0 Å². The van der Waals surface area contributed by atoms with E-state index in [-0.39, 0.29) is 6.10 Å². The minimum absolute atomic E-state index is 0.0433. The Kier molecular flexibility index (Phi) is 5.02. The molecule has 136 valence electrons. The zero-order chi connectivity index (χ0) is 18.8. The number of rotatable bonds is 5. The SMILES string of the molecule is CCC1OB(O)c2cc(Oc3cccc(Cc4ccccc4)c3)cc(C)c21. The summed E-state index contributed by atoms with van der Waals surface area (Å²) in [5.74, 6) is 1.52. The number of hydrogen-bond acceptors (Lipinski definition) is 3. The number of aryl methyl sites for hydroxylation is 1. The van der Waals surface area contributed by atoms with Crippen LogP contribution in [0.3, 0.4) is 0 Å². The molecule has 1 aliphatic heterocycles. The highest BCUT2D eigenvalue weighted by molar-refractivity contribution is 6.61. The van der Waals surface area contributed by atoms with Gasteiger partial charge in [-0.05, 0) is 71.7 Å². The van der Waals surface area contributed by atoms with Gasteiger partial charge < -0.3 is 14.4 Å². The van der Waals surface area contributed by atoms with E-state index < -0.39 is 7.12 Å². The molecule has 0 spiro atoms. The third kappa shape index (κ3) is 3.77. The molecule has 27 heavy (non-hydrogen) atoms. The largest absolute Gasteiger partial charge is 0.492 e. The summed E-state index contributed by atoms with van der Waals surface area (Å²) in [6.07, 6.45) is 1.66. The van der Waals surface area contributed by atoms with Crippen molar-refractivity contribution in [3.63, 3.8) is 0 Å². The molecular weight excluding hydrogens is 335 g/mol. The standard InChI is InChI=1S/C23H23BO3/c1-3-22-23-16(2)12-20(15-21(23)24(25)27-22)26-19-11-7-10-18(14-19)13-17-8-5-4-6-9-17/h4-12,14-15,22,25H,3,13H2,1-2H3. The molecule has 0 fully saturated rings. The average molecular weight is 358 g/mol. The van der Waals surface area contributed by atoms with Crippen molar-refractivity contribution in [3.8, 4) is 11.5 Å². The van der Waals surface area contributed by atoms with Gasteiger partial charge in [0, 0.05) is 0 Å². The summed E-state index contributed by atoms with van der Waals surface area (Å²) in [6, 6.07) is 22.5. The predicted molar refractivity (Wildman–Crippen MR) is 109 cm³/mol. The highest BCUT2D eigenvalue weighted by atomic mass is 16.5. The van der Waals surface area contributed by atoms with Crippen LogP contribution in [-0.2, 0) is 11.1 Å². The van der Waals surface area contributed by atoms with Crippen LogP contribution in [0.25, 0.3) is 0 Å². The Morgan fingerprint density at radius 3 is 2.52 bits per heavy atom. The lowest BCUT2D eigenvalue weighted by atomic mass is 9.77. The molecule has 0 bridgehead atoms. The van der Waals surface area contributed by atoms with Gasteiger partial charge in [0.1, 0.15) is 11.5 Å². The van der Waals surface area contributed by atoms with Gasteiger partial charge in [0.05, 0.1) is 6.10 Å². The lowest BCUT2D eigenvalue weighted by Gasteiger charge is -2.14. The van der Waals surface area contributed by atoms with Crippen molar-refractivity contribution < 1.29 is 14.4 Å². The maximum absolute atomic E-state index is 10.2. The molecule has 3 aromatic carbocycles. The second-order valence-electron chi connectivity index (χ2n) is 7.04. The summed E-state index contributed by atoms with van der Waals surface area (Å²) in [5, 5.41) is 10.2. The summed E-state index contributed by atoms with van der Waals surface area (Å²) in [7, 11) is -0.878. The number of benzene rings is 3. The Balaban J connectivity index is 1.57. The van der Waals surface area contributed by atoms with E-state index in [2.05, 4.69) is 43.3 Å². The van der Waals surface area contributed by atoms with Crippen molar-refractivity contribution in [1.29, 1.82) is 0 Å². The Morgan fingerprint density at radius 1 is 0.963 bits per heavy atom. The summed E-state index contributed by atoms with van der Waals surface area (Å²) in [6.45, 7) is 4.11. The van der Waals surface area contributed by atoms with Crippen molar-refractivity contribution in [2.45, 2.75) is 32.8 Å². The van der Waals surface area contributed by atoms with Crippen molar-refractivity contribution in [2.24, 2.45) is 0 Å². The Labute approximate surface area is 160 Å². The second-order valence-corrected chi connectivity index (χ2v) is 7.04. The molecule has 0 saturated heterocycles. The lowest BCUT2D eigenvalue weighted by Crippen LogP contribution is -2.28. The summed E-state index contributed by atoms with van der Waals surface area (Å²) >= 11 is 0. The molecule has 0 saturated carbocycles. The number of fused-ring (bicyclic) bond motifs is 1. The minimum Gasteiger partial charge on any atom is -0.457 e. The third-order valence-corrected chi connectivity index (χ3v) is 5.03. The molecule has 1 aliphatic rings. The molecule has 1 atom stereocenters. The zero-order valence-corrected chi connectivity index (χ0v) is 15.7. The maximum atomic E-state index is 10.2. The molecule has 1 N–H and O–H groups in total. The van der Waals surface area contributed by atoms with E-state index in [1.54, 1.807) is 0 Å². The van der Waals surface area contributed by atoms with Crippen LogP contribution < -0.4 is 10.2 Å². The van der Waals surface area contributed by atoms with Crippen LogP contribution >= 0.6 is 0 Å². The van der Waals surface area contributed by atoms with Gasteiger partial charge in [-0.3, -0.25) is 0 Å². The number of hydrogen-bond donors (Lipinski definition) is 1. The normalized spacial score (nSPS) is 15.7. The van der Waals surface area contributed by atoms with Gasteiger partial charge in [-0.25, -0.2) is 0 Å². The van der Waals surface area contributed by atoms with Crippen LogP contribution in [0.15, 0.2) is 66.7 Å². The highest BCUT2D eigenvalue weighted by Crippen LogP contribution is 2.33. The topological polar surface area (TPSA) is 38.7 Å². The van der Waals surface area contributed by atoms with Crippen LogP contribution in [0.5, 0.6) is 11.5 Å². The Bertz CT molecular complexity index is 940. The molecule has 4 heteroatoms. The third-order valence-electron chi connectivity index (χ3n) is 5.03. The molecule has 4 rings (SSSR count). The monoisotopic (exact) mass is 358 g/mol. The van der Waals surface area contributed by atoms with E-state index in [1.165, 1.54) is 11.1 Å². The summed E-state index contributed by atoms with van der Waals surface area (Å²) in [5.41, 5.74) is 5.47. The minimum atomic E-state index is -0.878. The Morgan fingerprint density at radius 2 is 1.74 bits per heavy atom. The van der Waals surface area contributed by atoms with Gasteiger partial charge >= 0.3 is 7.12 Å². The van der Waals surface area contributed by atoms with Gasteiger partial charge in [-0.1, -0.05) is 49.4 Å². The molecule has 0 aromatic heterocycles. The van der Waals surface area contributed by atoms with E-state index in [4.69, 9.17) is 9.39 Å². The first-order valence-corrected chi connectivity index (χ1v) is 9.42. The van der Waals surface area contributed by atoms with E-state index in [9.17, 15) is 5.02 Å². The fourth-order valence-corrected chi connectivity index (χ4v) is 3.78. The molecule has 0 amide bonds. The fourth-order valence-electron chi connectivity index (χ4n) is 3.78. The first kappa shape index (κ1) is 17.8. The molecule has 0 aliphatic carbocycles. The lowest BCUT2D eigenvalue weighted by molar-refractivity contribution is 0.186. The van der Waals surface area contributed by atoms with Crippen LogP contribution in [0.1, 0.15) is 41.7 Å². The molecule has 1 unspecified atom stereocenters. The number of ether oxygens (including phenoxy) is 1. The van der Waals surface area contributed by atoms with Crippen LogP contribution in [0, 0.1) is 6.92 Å². The van der Waals surface area contributed by atoms with Crippen LogP contribution in [0.4, 0.5) is 0 Å². The van der Waals surface area contributed by atoms with E-state index in [0.717, 1.165) is 40.9 Å². The Hall–Kier alpha value is -2.56. The smallest absolute Gasteiger partial charge is 0.457 e. The first-order valence-electron chi connectivity index (χ1n) is 9.42. The van der Waals surface area contributed by atoms with Crippen molar-refractivity contribution in [1.82, 2.24) is 0 Å². The van der Waals surface area contributed by atoms with E-state index >= 15 is 0 Å².